The lowest BCUT2D eigenvalue weighted by atomic mass is 10.0. The van der Waals surface area contributed by atoms with Crippen molar-refractivity contribution >= 4 is 46.0 Å². The number of nitrogens with one attached hydrogen (secondary N) is 1. The molecule has 2 aromatic carbocycles. The van der Waals surface area contributed by atoms with Gasteiger partial charge in [0.1, 0.15) is 5.75 Å². The molecule has 1 aliphatic heterocycles. The van der Waals surface area contributed by atoms with Crippen molar-refractivity contribution in [2.75, 3.05) is 25.5 Å². The molecule has 1 N–H and O–H groups in total. The van der Waals surface area contributed by atoms with Crippen molar-refractivity contribution < 1.29 is 9.53 Å². The van der Waals surface area contributed by atoms with E-state index in [1.54, 1.807) is 18.2 Å². The molecule has 0 aliphatic carbocycles. The number of benzene rings is 2. The summed E-state index contributed by atoms with van der Waals surface area (Å²) in [6.45, 7) is 6.63. The minimum Gasteiger partial charge on any atom is -0.495 e. The zero-order valence-corrected chi connectivity index (χ0v) is 18.1. The second-order valence-electron chi connectivity index (χ2n) is 7.15. The van der Waals surface area contributed by atoms with Crippen molar-refractivity contribution in [3.8, 4) is 16.9 Å². The lowest BCUT2D eigenvalue weighted by Gasteiger charge is -2.38. The predicted octanol–water partition coefficient (Wildman–Crippen LogP) is 4.73. The van der Waals surface area contributed by atoms with Crippen molar-refractivity contribution in [2.45, 2.75) is 13.0 Å². The van der Waals surface area contributed by atoms with Gasteiger partial charge in [0.2, 0.25) is 11.9 Å². The molecule has 1 aromatic heterocycles. The fourth-order valence-electron chi connectivity index (χ4n) is 3.46. The Kier molecular flexibility index (Phi) is 5.54. The molecule has 6 nitrogen and oxygen atoms in total. The Morgan fingerprint density at radius 1 is 1.30 bits per heavy atom. The lowest BCUT2D eigenvalue weighted by molar-refractivity contribution is -0.129. The summed E-state index contributed by atoms with van der Waals surface area (Å²) in [6, 6.07) is 7.74. The van der Waals surface area contributed by atoms with Crippen molar-refractivity contribution in [1.29, 1.82) is 0 Å². The molecule has 1 amide bonds. The maximum Gasteiger partial charge on any atom is 0.246 e. The van der Waals surface area contributed by atoms with Crippen LogP contribution in [0.25, 0.3) is 22.0 Å². The van der Waals surface area contributed by atoms with Gasteiger partial charge in [0.05, 0.1) is 28.7 Å². The number of nitrogens with zero attached hydrogens (tertiary/aromatic N) is 3. The number of hydrogen-bond donors (Lipinski definition) is 1. The van der Waals surface area contributed by atoms with Gasteiger partial charge in [-0.15, -0.1) is 0 Å². The van der Waals surface area contributed by atoms with Crippen molar-refractivity contribution in [2.24, 2.45) is 0 Å². The first-order valence-electron chi connectivity index (χ1n) is 9.39. The van der Waals surface area contributed by atoms with Crippen molar-refractivity contribution in [3.63, 3.8) is 0 Å². The van der Waals surface area contributed by atoms with Gasteiger partial charge < -0.3 is 15.0 Å². The molecule has 2 heterocycles. The number of fused-ring (bicyclic) bond motifs is 1. The third-order valence-electron chi connectivity index (χ3n) is 5.14. The molecule has 0 bridgehead atoms. The molecule has 3 aromatic rings. The first-order valence-corrected chi connectivity index (χ1v) is 10.1. The van der Waals surface area contributed by atoms with Gasteiger partial charge in [-0.25, -0.2) is 9.97 Å². The summed E-state index contributed by atoms with van der Waals surface area (Å²) >= 11 is 13.1. The number of rotatable bonds is 5. The smallest absolute Gasteiger partial charge is 0.246 e. The van der Waals surface area contributed by atoms with E-state index in [-0.39, 0.29) is 11.9 Å². The standard InChI is InChI=1S/C22H20Cl2N4O2/c1-4-18(29)28-10-15(11-28)26-22-25-9-14-8-13(5-6-16(14)27-22)19-20(23)12(2)7-17(30-3)21(19)24/h4-9,15H,1,10-11H2,2-3H3,(H,25,26,27). The number of anilines is 1. The third-order valence-corrected chi connectivity index (χ3v) is 6.00. The van der Waals surface area contributed by atoms with Gasteiger partial charge in [0.15, 0.2) is 0 Å². The summed E-state index contributed by atoms with van der Waals surface area (Å²) in [4.78, 5) is 22.3. The second-order valence-corrected chi connectivity index (χ2v) is 7.91. The number of likely N-dealkylation sites (tertiary alicyclic amines) is 1. The number of ether oxygens (including phenoxy) is 1. The van der Waals surface area contributed by atoms with Crippen LogP contribution in [0.2, 0.25) is 10.0 Å². The topological polar surface area (TPSA) is 67.4 Å². The van der Waals surface area contributed by atoms with Gasteiger partial charge in [-0.05, 0) is 42.3 Å². The molecule has 8 heteroatoms. The molecule has 1 aliphatic rings. The van der Waals surface area contributed by atoms with Crippen LogP contribution in [-0.2, 0) is 4.79 Å². The summed E-state index contributed by atoms with van der Waals surface area (Å²) in [5.41, 5.74) is 3.26. The maximum absolute atomic E-state index is 11.5. The van der Waals surface area contributed by atoms with Gasteiger partial charge in [-0.1, -0.05) is 35.8 Å². The van der Waals surface area contributed by atoms with Gasteiger partial charge in [-0.2, -0.15) is 0 Å². The SMILES string of the molecule is C=CC(=O)N1CC(Nc2ncc3cc(-c4c(Cl)c(C)cc(OC)c4Cl)ccc3n2)C1. The van der Waals surface area contributed by atoms with E-state index < -0.39 is 0 Å². The van der Waals surface area contributed by atoms with Crippen LogP contribution >= 0.6 is 23.2 Å². The average Bonchev–Trinajstić information content (AvgIpc) is 2.72. The first kappa shape index (κ1) is 20.4. The van der Waals surface area contributed by atoms with E-state index in [2.05, 4.69) is 21.9 Å². The summed E-state index contributed by atoms with van der Waals surface area (Å²) in [5.74, 6) is 1.04. The van der Waals surface area contributed by atoms with Crippen LogP contribution in [0.4, 0.5) is 5.95 Å². The molecular formula is C22H20Cl2N4O2. The van der Waals surface area contributed by atoms with Crippen molar-refractivity contribution in [1.82, 2.24) is 14.9 Å². The Morgan fingerprint density at radius 2 is 2.07 bits per heavy atom. The van der Waals surface area contributed by atoms with Gasteiger partial charge >= 0.3 is 0 Å². The van der Waals surface area contributed by atoms with Gasteiger partial charge in [0, 0.05) is 30.2 Å². The number of aromatic nitrogens is 2. The van der Waals surface area contributed by atoms with Gasteiger partial charge in [0.25, 0.3) is 0 Å². The molecular weight excluding hydrogens is 423 g/mol. The Morgan fingerprint density at radius 3 is 2.77 bits per heavy atom. The molecule has 1 saturated heterocycles. The number of carbonyl (C=O) groups is 1. The Hall–Kier alpha value is -2.83. The number of amides is 1. The van der Waals surface area contributed by atoms with Crippen molar-refractivity contribution in [3.05, 3.63) is 58.7 Å². The van der Waals surface area contributed by atoms with E-state index in [4.69, 9.17) is 27.9 Å². The molecule has 0 saturated carbocycles. The van der Waals surface area contributed by atoms with Crippen LogP contribution in [0.1, 0.15) is 5.56 Å². The van der Waals surface area contributed by atoms with E-state index in [1.165, 1.54) is 6.08 Å². The third kappa shape index (κ3) is 3.68. The second kappa shape index (κ2) is 8.13. The Labute approximate surface area is 184 Å². The fraction of sp³-hybridized carbons (Fsp3) is 0.227. The zero-order chi connectivity index (χ0) is 21.4. The van der Waals surface area contributed by atoms with E-state index in [1.807, 2.05) is 31.2 Å². The molecule has 0 spiro atoms. The summed E-state index contributed by atoms with van der Waals surface area (Å²) in [6.07, 6.45) is 3.08. The minimum atomic E-state index is -0.0647. The number of methoxy groups -OCH3 is 1. The van der Waals surface area contributed by atoms with Crippen LogP contribution in [0.3, 0.4) is 0 Å². The molecule has 0 unspecified atom stereocenters. The van der Waals surface area contributed by atoms with E-state index in [0.29, 0.717) is 34.8 Å². The zero-order valence-electron chi connectivity index (χ0n) is 16.6. The predicted molar refractivity (Wildman–Crippen MR) is 120 cm³/mol. The van der Waals surface area contributed by atoms with Crippen LogP contribution in [-0.4, -0.2) is 47.0 Å². The quantitative estimate of drug-likeness (QED) is 0.578. The van der Waals surface area contributed by atoms with E-state index in [0.717, 1.165) is 27.6 Å². The largest absolute Gasteiger partial charge is 0.495 e. The fourth-order valence-corrected chi connectivity index (χ4v) is 4.10. The Bertz CT molecular complexity index is 1160. The van der Waals surface area contributed by atoms with Crippen LogP contribution < -0.4 is 10.1 Å². The molecule has 0 radical (unpaired) electrons. The molecule has 154 valence electrons. The van der Waals surface area contributed by atoms with Gasteiger partial charge in [-0.3, -0.25) is 4.79 Å². The van der Waals surface area contributed by atoms with Crippen LogP contribution in [0.5, 0.6) is 5.75 Å². The lowest BCUT2D eigenvalue weighted by Crippen LogP contribution is -2.56. The highest BCUT2D eigenvalue weighted by molar-refractivity contribution is 6.40. The summed E-state index contributed by atoms with van der Waals surface area (Å²) < 4.78 is 5.38. The monoisotopic (exact) mass is 442 g/mol. The molecule has 4 rings (SSSR count). The average molecular weight is 443 g/mol. The molecule has 0 atom stereocenters. The maximum atomic E-state index is 11.5. The first-order chi connectivity index (χ1) is 14.4. The highest BCUT2D eigenvalue weighted by atomic mass is 35.5. The minimum absolute atomic E-state index is 0.0647. The number of hydrogen-bond acceptors (Lipinski definition) is 5. The molecule has 30 heavy (non-hydrogen) atoms. The molecule has 1 fully saturated rings. The van der Waals surface area contributed by atoms with Crippen LogP contribution in [0, 0.1) is 6.92 Å². The highest BCUT2D eigenvalue weighted by Gasteiger charge is 2.29. The summed E-state index contributed by atoms with van der Waals surface area (Å²) in [7, 11) is 1.58. The normalized spacial score (nSPS) is 13.8. The number of aryl methyl sites for hydroxylation is 1. The number of carbonyl (C=O) groups excluding carboxylic acids is 1. The summed E-state index contributed by atoms with van der Waals surface area (Å²) in [5, 5.41) is 5.17. The number of halogens is 2. The van der Waals surface area contributed by atoms with E-state index >= 15 is 0 Å². The van der Waals surface area contributed by atoms with E-state index in [9.17, 15) is 4.79 Å². The highest BCUT2D eigenvalue weighted by Crippen LogP contribution is 2.43. The Balaban J connectivity index is 1.60. The van der Waals surface area contributed by atoms with Crippen LogP contribution in [0.15, 0.2) is 43.1 Å².